The van der Waals surface area contributed by atoms with Crippen LogP contribution in [0.2, 0.25) is 0 Å². The number of primary sulfonamides is 1. The summed E-state index contributed by atoms with van der Waals surface area (Å²) in [6, 6.07) is 7.18. The summed E-state index contributed by atoms with van der Waals surface area (Å²) in [7, 11) is -3.61. The Morgan fingerprint density at radius 2 is 2.00 bits per heavy atom. The maximum atomic E-state index is 11.2. The fourth-order valence-electron chi connectivity index (χ4n) is 1.93. The van der Waals surface area contributed by atoms with Crippen LogP contribution in [0.25, 0.3) is 0 Å². The van der Waals surface area contributed by atoms with Gasteiger partial charge in [0.2, 0.25) is 10.0 Å². The summed E-state index contributed by atoms with van der Waals surface area (Å²) in [4.78, 5) is 0.166. The SMILES string of the molecule is CCC(NCc1cccc(S(N)(=O)=O)c1)C(C)C. The molecule has 0 aliphatic carbocycles. The van der Waals surface area contributed by atoms with Crippen LogP contribution in [-0.4, -0.2) is 14.5 Å². The second-order valence-corrected chi connectivity index (χ2v) is 6.39. The zero-order chi connectivity index (χ0) is 13.8. The average molecular weight is 270 g/mol. The van der Waals surface area contributed by atoms with Gasteiger partial charge in [-0.25, -0.2) is 13.6 Å². The first-order chi connectivity index (χ1) is 8.34. The van der Waals surface area contributed by atoms with E-state index in [1.165, 1.54) is 6.07 Å². The predicted molar refractivity (Wildman–Crippen MR) is 73.6 cm³/mol. The highest BCUT2D eigenvalue weighted by molar-refractivity contribution is 7.89. The van der Waals surface area contributed by atoms with Crippen molar-refractivity contribution in [3.05, 3.63) is 29.8 Å². The number of rotatable bonds is 6. The maximum absolute atomic E-state index is 11.2. The average Bonchev–Trinajstić information content (AvgIpc) is 2.28. The third kappa shape index (κ3) is 4.40. The molecule has 18 heavy (non-hydrogen) atoms. The van der Waals surface area contributed by atoms with E-state index in [0.29, 0.717) is 18.5 Å². The molecule has 1 rings (SSSR count). The third-order valence-corrected chi connectivity index (χ3v) is 3.95. The van der Waals surface area contributed by atoms with Gasteiger partial charge >= 0.3 is 0 Å². The lowest BCUT2D eigenvalue weighted by atomic mass is 10.0. The minimum Gasteiger partial charge on any atom is -0.310 e. The Kier molecular flexibility index (Phi) is 5.31. The Bertz CT molecular complexity index is 484. The van der Waals surface area contributed by atoms with Gasteiger partial charge in [-0.1, -0.05) is 32.9 Å². The van der Waals surface area contributed by atoms with Crippen LogP contribution in [0.3, 0.4) is 0 Å². The topological polar surface area (TPSA) is 72.2 Å². The van der Waals surface area contributed by atoms with Gasteiger partial charge in [0.25, 0.3) is 0 Å². The standard InChI is InChI=1S/C13H22N2O2S/c1-4-13(10(2)3)15-9-11-6-5-7-12(8-11)18(14,16)17/h5-8,10,13,15H,4,9H2,1-3H3,(H2,14,16,17). The quantitative estimate of drug-likeness (QED) is 0.828. The zero-order valence-electron chi connectivity index (χ0n) is 11.2. The summed E-state index contributed by atoms with van der Waals surface area (Å²) in [6.07, 6.45) is 1.05. The van der Waals surface area contributed by atoms with Crippen LogP contribution in [-0.2, 0) is 16.6 Å². The first-order valence-corrected chi connectivity index (χ1v) is 7.74. The van der Waals surface area contributed by atoms with Crippen molar-refractivity contribution in [3.8, 4) is 0 Å². The van der Waals surface area contributed by atoms with Gasteiger partial charge in [0, 0.05) is 12.6 Å². The van der Waals surface area contributed by atoms with E-state index >= 15 is 0 Å². The largest absolute Gasteiger partial charge is 0.310 e. The lowest BCUT2D eigenvalue weighted by molar-refractivity contribution is 0.387. The molecule has 102 valence electrons. The molecule has 1 aromatic carbocycles. The molecule has 1 atom stereocenters. The first-order valence-electron chi connectivity index (χ1n) is 6.19. The van der Waals surface area contributed by atoms with E-state index in [1.807, 2.05) is 6.07 Å². The van der Waals surface area contributed by atoms with Crippen molar-refractivity contribution >= 4 is 10.0 Å². The first kappa shape index (κ1) is 15.1. The highest BCUT2D eigenvalue weighted by atomic mass is 32.2. The Balaban J connectivity index is 2.74. The molecule has 0 saturated heterocycles. The minimum atomic E-state index is -3.61. The molecule has 0 heterocycles. The lowest BCUT2D eigenvalue weighted by Crippen LogP contribution is -2.32. The Labute approximate surface area is 110 Å². The van der Waals surface area contributed by atoms with Gasteiger partial charge in [0.05, 0.1) is 4.90 Å². The molecule has 0 aromatic heterocycles. The summed E-state index contributed by atoms with van der Waals surface area (Å²) in [5, 5.41) is 8.54. The predicted octanol–water partition coefficient (Wildman–Crippen LogP) is 1.86. The zero-order valence-corrected chi connectivity index (χ0v) is 12.0. The molecule has 0 radical (unpaired) electrons. The Morgan fingerprint density at radius 3 is 2.50 bits per heavy atom. The maximum Gasteiger partial charge on any atom is 0.238 e. The van der Waals surface area contributed by atoms with E-state index in [-0.39, 0.29) is 4.90 Å². The van der Waals surface area contributed by atoms with E-state index < -0.39 is 10.0 Å². The van der Waals surface area contributed by atoms with Gasteiger partial charge < -0.3 is 5.32 Å². The van der Waals surface area contributed by atoms with Crippen LogP contribution in [0.5, 0.6) is 0 Å². The molecule has 0 spiro atoms. The fourth-order valence-corrected chi connectivity index (χ4v) is 2.52. The van der Waals surface area contributed by atoms with Gasteiger partial charge in [-0.15, -0.1) is 0 Å². The molecule has 0 saturated carbocycles. The molecule has 4 nitrogen and oxygen atoms in total. The third-order valence-electron chi connectivity index (χ3n) is 3.04. The number of nitrogens with one attached hydrogen (secondary N) is 1. The van der Waals surface area contributed by atoms with Gasteiger partial charge in [-0.2, -0.15) is 0 Å². The molecular formula is C13H22N2O2S. The smallest absolute Gasteiger partial charge is 0.238 e. The van der Waals surface area contributed by atoms with Crippen molar-refractivity contribution < 1.29 is 8.42 Å². The molecule has 5 heteroatoms. The minimum absolute atomic E-state index is 0.166. The number of hydrogen-bond donors (Lipinski definition) is 2. The molecule has 0 aliphatic rings. The summed E-state index contributed by atoms with van der Waals surface area (Å²) < 4.78 is 22.5. The summed E-state index contributed by atoms with van der Waals surface area (Å²) >= 11 is 0. The molecule has 0 fully saturated rings. The van der Waals surface area contributed by atoms with Gasteiger partial charge in [0.1, 0.15) is 0 Å². The molecule has 1 unspecified atom stereocenters. The van der Waals surface area contributed by atoms with Crippen LogP contribution in [0, 0.1) is 5.92 Å². The van der Waals surface area contributed by atoms with Gasteiger partial charge in [0.15, 0.2) is 0 Å². The number of hydrogen-bond acceptors (Lipinski definition) is 3. The Morgan fingerprint density at radius 1 is 1.33 bits per heavy atom. The van der Waals surface area contributed by atoms with Crippen molar-refractivity contribution in [1.82, 2.24) is 5.32 Å². The van der Waals surface area contributed by atoms with E-state index in [9.17, 15) is 8.42 Å². The fraction of sp³-hybridized carbons (Fsp3) is 0.538. The van der Waals surface area contributed by atoms with Crippen LogP contribution < -0.4 is 10.5 Å². The van der Waals surface area contributed by atoms with E-state index in [0.717, 1.165) is 12.0 Å². The summed E-state index contributed by atoms with van der Waals surface area (Å²) in [6.45, 7) is 7.13. The molecule has 0 amide bonds. The van der Waals surface area contributed by atoms with Crippen LogP contribution in [0.4, 0.5) is 0 Å². The highest BCUT2D eigenvalue weighted by Gasteiger charge is 2.11. The monoisotopic (exact) mass is 270 g/mol. The summed E-state index contributed by atoms with van der Waals surface area (Å²) in [5.74, 6) is 0.552. The normalized spacial score (nSPS) is 13.8. The molecular weight excluding hydrogens is 248 g/mol. The molecule has 0 aliphatic heterocycles. The molecule has 3 N–H and O–H groups in total. The molecule has 0 bridgehead atoms. The Hall–Kier alpha value is -0.910. The molecule has 1 aromatic rings. The lowest BCUT2D eigenvalue weighted by Gasteiger charge is -2.20. The van der Waals surface area contributed by atoms with E-state index in [4.69, 9.17) is 5.14 Å². The number of nitrogens with two attached hydrogens (primary N) is 1. The van der Waals surface area contributed by atoms with E-state index in [2.05, 4.69) is 26.1 Å². The van der Waals surface area contributed by atoms with Gasteiger partial charge in [-0.3, -0.25) is 0 Å². The van der Waals surface area contributed by atoms with Gasteiger partial charge in [-0.05, 0) is 30.0 Å². The number of benzene rings is 1. The van der Waals surface area contributed by atoms with E-state index in [1.54, 1.807) is 12.1 Å². The second-order valence-electron chi connectivity index (χ2n) is 4.83. The highest BCUT2D eigenvalue weighted by Crippen LogP contribution is 2.11. The van der Waals surface area contributed by atoms with Crippen LogP contribution >= 0.6 is 0 Å². The van der Waals surface area contributed by atoms with Crippen molar-refractivity contribution in [2.75, 3.05) is 0 Å². The van der Waals surface area contributed by atoms with Crippen molar-refractivity contribution in [3.63, 3.8) is 0 Å². The number of sulfonamides is 1. The van der Waals surface area contributed by atoms with Crippen molar-refractivity contribution in [1.29, 1.82) is 0 Å². The van der Waals surface area contributed by atoms with Crippen LogP contribution in [0.15, 0.2) is 29.2 Å². The van der Waals surface area contributed by atoms with Crippen molar-refractivity contribution in [2.45, 2.75) is 44.7 Å². The second kappa shape index (κ2) is 6.31. The summed E-state index contributed by atoms with van der Waals surface area (Å²) in [5.41, 5.74) is 0.931. The van der Waals surface area contributed by atoms with Crippen LogP contribution in [0.1, 0.15) is 32.8 Å². The van der Waals surface area contributed by atoms with Crippen molar-refractivity contribution in [2.24, 2.45) is 11.1 Å².